The fourth-order valence-electron chi connectivity index (χ4n) is 5.53. The van der Waals surface area contributed by atoms with E-state index in [9.17, 15) is 22.3 Å². The Labute approximate surface area is 225 Å². The first-order valence-corrected chi connectivity index (χ1v) is 15.3. The molecule has 3 heterocycles. The lowest BCUT2D eigenvalue weighted by Gasteiger charge is -2.26. The zero-order valence-corrected chi connectivity index (χ0v) is 22.8. The van der Waals surface area contributed by atoms with Gasteiger partial charge in [0.25, 0.3) is 5.92 Å². The average Bonchev–Trinajstić information content (AvgIpc) is 3.35. The number of aliphatic hydroxyl groups is 1. The highest BCUT2D eigenvalue weighted by molar-refractivity contribution is 7.90. The van der Waals surface area contributed by atoms with Gasteiger partial charge in [0.15, 0.2) is 15.5 Å². The average molecular weight is 562 g/mol. The Morgan fingerprint density at radius 1 is 1.13 bits per heavy atom. The number of fused-ring (bicyclic) bond motifs is 1. The number of imidazole rings is 1. The standard InChI is InChI=1S/C27H33F2N5O4S/c1-15-30-24-20(31-19-10-9-17(16-6-5-7-16)12-21(19)39(2,36)37)13-22(33-26(35)18-14-27(18,28)29)32-25(24)34(15)23-8-3-4-11-38-23/h9-10,12-13,16,18,23,26,35H,3-8,11,14H2,1-2H3,(H2,31,32,33). The van der Waals surface area contributed by atoms with Crippen molar-refractivity contribution in [3.8, 4) is 0 Å². The Kier molecular flexibility index (Phi) is 6.54. The van der Waals surface area contributed by atoms with Crippen LogP contribution >= 0.6 is 0 Å². The number of sulfone groups is 1. The van der Waals surface area contributed by atoms with Crippen LogP contribution in [0.25, 0.3) is 11.2 Å². The number of aliphatic hydroxyl groups excluding tert-OH is 1. The number of hydrogen-bond acceptors (Lipinski definition) is 8. The number of halogens is 2. The maximum atomic E-state index is 13.6. The number of anilines is 3. The first-order chi connectivity index (χ1) is 18.5. The predicted molar refractivity (Wildman–Crippen MR) is 143 cm³/mol. The lowest BCUT2D eigenvalue weighted by atomic mass is 9.80. The van der Waals surface area contributed by atoms with Gasteiger partial charge in [0.05, 0.1) is 22.2 Å². The number of aromatic nitrogens is 3. The smallest absolute Gasteiger partial charge is 0.256 e. The fraction of sp³-hybridized carbons (Fsp3) is 0.556. The monoisotopic (exact) mass is 561 g/mol. The Bertz CT molecular complexity index is 1520. The summed E-state index contributed by atoms with van der Waals surface area (Å²) in [7, 11) is -3.57. The molecule has 6 rings (SSSR count). The van der Waals surface area contributed by atoms with E-state index in [0.717, 1.165) is 44.1 Å². The summed E-state index contributed by atoms with van der Waals surface area (Å²) in [5.74, 6) is -2.93. The van der Waals surface area contributed by atoms with Crippen LogP contribution in [0.2, 0.25) is 0 Å². The van der Waals surface area contributed by atoms with E-state index in [2.05, 4.69) is 15.6 Å². The van der Waals surface area contributed by atoms with Crippen LogP contribution in [0, 0.1) is 12.8 Å². The number of rotatable bonds is 8. The van der Waals surface area contributed by atoms with Gasteiger partial charge in [-0.2, -0.15) is 0 Å². The van der Waals surface area contributed by atoms with E-state index < -0.39 is 34.3 Å². The molecule has 3 unspecified atom stereocenters. The Hall–Kier alpha value is -2.83. The minimum absolute atomic E-state index is 0.171. The van der Waals surface area contributed by atoms with E-state index >= 15 is 0 Å². The van der Waals surface area contributed by atoms with Gasteiger partial charge < -0.3 is 20.5 Å². The summed E-state index contributed by atoms with van der Waals surface area (Å²) in [5, 5.41) is 16.4. The fourth-order valence-corrected chi connectivity index (χ4v) is 6.40. The maximum absolute atomic E-state index is 13.6. The van der Waals surface area contributed by atoms with E-state index in [1.54, 1.807) is 18.2 Å². The number of hydrogen-bond donors (Lipinski definition) is 3. The molecular formula is C27H33F2N5O4S. The molecule has 3 atom stereocenters. The molecule has 2 aliphatic carbocycles. The van der Waals surface area contributed by atoms with Crippen LogP contribution in [0.1, 0.15) is 68.5 Å². The number of nitrogens with one attached hydrogen (secondary N) is 2. The molecule has 0 radical (unpaired) electrons. The van der Waals surface area contributed by atoms with Crippen molar-refractivity contribution in [3.63, 3.8) is 0 Å². The second kappa shape index (κ2) is 9.67. The summed E-state index contributed by atoms with van der Waals surface area (Å²) in [4.78, 5) is 9.55. The number of pyridine rings is 1. The highest BCUT2D eigenvalue weighted by Crippen LogP contribution is 2.50. The Morgan fingerprint density at radius 2 is 1.90 bits per heavy atom. The second-order valence-corrected chi connectivity index (χ2v) is 13.0. The Balaban J connectivity index is 1.43. The second-order valence-electron chi connectivity index (χ2n) is 11.0. The van der Waals surface area contributed by atoms with Crippen molar-refractivity contribution >= 4 is 38.2 Å². The summed E-state index contributed by atoms with van der Waals surface area (Å²) >= 11 is 0. The molecule has 39 heavy (non-hydrogen) atoms. The normalized spacial score (nSPS) is 23.8. The van der Waals surface area contributed by atoms with Crippen molar-refractivity contribution in [2.45, 2.75) is 81.1 Å². The van der Waals surface area contributed by atoms with Gasteiger partial charge in [0, 0.05) is 25.3 Å². The van der Waals surface area contributed by atoms with E-state index in [-0.39, 0.29) is 16.9 Å². The van der Waals surface area contributed by atoms with Gasteiger partial charge in [-0.1, -0.05) is 12.5 Å². The molecule has 1 aliphatic heterocycles. The summed E-state index contributed by atoms with van der Waals surface area (Å²) in [6.45, 7) is 2.44. The first kappa shape index (κ1) is 26.4. The molecular weight excluding hydrogens is 528 g/mol. The summed E-state index contributed by atoms with van der Waals surface area (Å²) in [6.07, 6.45) is 4.93. The van der Waals surface area contributed by atoms with Crippen molar-refractivity contribution in [2.24, 2.45) is 5.92 Å². The number of alkyl halides is 2. The zero-order chi connectivity index (χ0) is 27.5. The van der Waals surface area contributed by atoms with Gasteiger partial charge in [-0.3, -0.25) is 4.57 Å². The predicted octanol–water partition coefficient (Wildman–Crippen LogP) is 5.24. The molecule has 0 spiro atoms. The molecule has 210 valence electrons. The maximum Gasteiger partial charge on any atom is 0.256 e. The SMILES string of the molecule is Cc1nc2c(Nc3ccc(C4CCC4)cc3S(C)(=O)=O)cc(NC(O)C3CC3(F)F)nc2n1C1CCCCO1. The first-order valence-electron chi connectivity index (χ1n) is 13.5. The number of ether oxygens (including phenoxy) is 1. The minimum Gasteiger partial charge on any atom is -0.373 e. The van der Waals surface area contributed by atoms with E-state index in [1.807, 2.05) is 17.6 Å². The molecule has 1 aromatic carbocycles. The molecule has 3 aliphatic rings. The van der Waals surface area contributed by atoms with Gasteiger partial charge in [-0.25, -0.2) is 27.2 Å². The van der Waals surface area contributed by atoms with Crippen LogP contribution in [-0.2, 0) is 14.6 Å². The van der Waals surface area contributed by atoms with Crippen molar-refractivity contribution in [1.29, 1.82) is 0 Å². The third kappa shape index (κ3) is 5.09. The van der Waals surface area contributed by atoms with Crippen LogP contribution in [-0.4, -0.2) is 53.1 Å². The third-order valence-electron chi connectivity index (χ3n) is 8.07. The lowest BCUT2D eigenvalue weighted by Crippen LogP contribution is -2.25. The number of aryl methyl sites for hydroxylation is 1. The van der Waals surface area contributed by atoms with Gasteiger partial charge >= 0.3 is 0 Å². The van der Waals surface area contributed by atoms with Crippen LogP contribution in [0.5, 0.6) is 0 Å². The van der Waals surface area contributed by atoms with Gasteiger partial charge in [-0.15, -0.1) is 0 Å². The van der Waals surface area contributed by atoms with E-state index in [4.69, 9.17) is 9.72 Å². The number of benzene rings is 1. The molecule has 0 bridgehead atoms. The highest BCUT2D eigenvalue weighted by Gasteiger charge is 2.60. The van der Waals surface area contributed by atoms with Gasteiger partial charge in [0.2, 0.25) is 0 Å². The summed E-state index contributed by atoms with van der Waals surface area (Å²) in [5.41, 5.74) is 2.76. The lowest BCUT2D eigenvalue weighted by molar-refractivity contribution is -0.0308. The summed E-state index contributed by atoms with van der Waals surface area (Å²) in [6, 6.07) is 7.00. The zero-order valence-electron chi connectivity index (χ0n) is 22.0. The van der Waals surface area contributed by atoms with Gasteiger partial charge in [0.1, 0.15) is 29.6 Å². The van der Waals surface area contributed by atoms with Crippen LogP contribution in [0.3, 0.4) is 0 Å². The van der Waals surface area contributed by atoms with E-state index in [0.29, 0.717) is 40.9 Å². The molecule has 3 aromatic rings. The van der Waals surface area contributed by atoms with Crippen molar-refractivity contribution < 1.29 is 27.0 Å². The van der Waals surface area contributed by atoms with E-state index in [1.165, 1.54) is 6.26 Å². The quantitative estimate of drug-likeness (QED) is 0.320. The van der Waals surface area contributed by atoms with Gasteiger partial charge in [-0.05, 0) is 62.6 Å². The molecule has 3 N–H and O–H groups in total. The van der Waals surface area contributed by atoms with Crippen molar-refractivity contribution in [2.75, 3.05) is 23.5 Å². The van der Waals surface area contributed by atoms with Crippen LogP contribution < -0.4 is 10.6 Å². The molecule has 2 aromatic heterocycles. The molecule has 2 saturated carbocycles. The van der Waals surface area contributed by atoms with Crippen molar-refractivity contribution in [3.05, 3.63) is 35.7 Å². The topological polar surface area (TPSA) is 118 Å². The largest absolute Gasteiger partial charge is 0.373 e. The van der Waals surface area contributed by atoms with Crippen LogP contribution in [0.4, 0.5) is 26.0 Å². The van der Waals surface area contributed by atoms with Crippen LogP contribution in [0.15, 0.2) is 29.2 Å². The highest BCUT2D eigenvalue weighted by atomic mass is 32.2. The molecule has 3 fully saturated rings. The Morgan fingerprint density at radius 3 is 2.51 bits per heavy atom. The minimum atomic E-state index is -3.57. The van der Waals surface area contributed by atoms with Crippen molar-refractivity contribution in [1.82, 2.24) is 14.5 Å². The molecule has 12 heteroatoms. The molecule has 9 nitrogen and oxygen atoms in total. The molecule has 0 amide bonds. The number of nitrogens with zero attached hydrogens (tertiary/aromatic N) is 3. The summed E-state index contributed by atoms with van der Waals surface area (Å²) < 4.78 is 60.7. The molecule has 1 saturated heterocycles. The third-order valence-corrected chi connectivity index (χ3v) is 9.21.